The van der Waals surface area contributed by atoms with Crippen molar-refractivity contribution >= 4 is 28.3 Å². The fourth-order valence-corrected chi connectivity index (χ4v) is 4.27. The van der Waals surface area contributed by atoms with Crippen LogP contribution in [0.4, 0.5) is 4.39 Å². The first kappa shape index (κ1) is 26.7. The standard InChI is InChI=1S/C29H29ClFN3O3/c1-28(2,32)20-15-23(17-7-8-22(31)21(30)13-17)34-26(16-20)29(3,36)10-9-24(35)19-12-18-6-5-11-33-27(18)25(14-19)37-4/h5-8,11-16,36H,9-10,32H2,1-4H3. The normalized spacial score (nSPS) is 13.4. The van der Waals surface area contributed by atoms with E-state index < -0.39 is 17.0 Å². The lowest BCUT2D eigenvalue weighted by Crippen LogP contribution is -2.31. The number of aromatic nitrogens is 2. The molecule has 0 amide bonds. The summed E-state index contributed by atoms with van der Waals surface area (Å²) in [4.78, 5) is 22.1. The van der Waals surface area contributed by atoms with Crippen LogP contribution in [0.3, 0.4) is 0 Å². The maximum absolute atomic E-state index is 13.7. The monoisotopic (exact) mass is 521 g/mol. The van der Waals surface area contributed by atoms with Crippen LogP contribution in [0.5, 0.6) is 5.75 Å². The van der Waals surface area contributed by atoms with Crippen molar-refractivity contribution in [3.05, 3.63) is 88.5 Å². The second kappa shape index (κ2) is 10.2. The number of pyridine rings is 2. The highest BCUT2D eigenvalue weighted by molar-refractivity contribution is 6.31. The molecule has 1 unspecified atom stereocenters. The Balaban J connectivity index is 1.65. The number of methoxy groups -OCH3 is 1. The summed E-state index contributed by atoms with van der Waals surface area (Å²) in [5.74, 6) is -0.173. The van der Waals surface area contributed by atoms with E-state index >= 15 is 0 Å². The number of ketones is 1. The molecular weight excluding hydrogens is 493 g/mol. The van der Waals surface area contributed by atoms with E-state index in [-0.39, 0.29) is 23.6 Å². The van der Waals surface area contributed by atoms with Crippen molar-refractivity contribution in [1.82, 2.24) is 9.97 Å². The number of aliphatic hydroxyl groups is 1. The van der Waals surface area contributed by atoms with Gasteiger partial charge in [-0.15, -0.1) is 0 Å². The molecule has 4 aromatic rings. The molecule has 2 heterocycles. The van der Waals surface area contributed by atoms with Gasteiger partial charge in [-0.25, -0.2) is 9.37 Å². The predicted octanol–water partition coefficient (Wildman–Crippen LogP) is 6.16. The summed E-state index contributed by atoms with van der Waals surface area (Å²) in [6.45, 7) is 5.30. The Hall–Kier alpha value is -3.39. The minimum atomic E-state index is -1.45. The van der Waals surface area contributed by atoms with Gasteiger partial charge in [-0.3, -0.25) is 9.78 Å². The first-order chi connectivity index (χ1) is 17.4. The largest absolute Gasteiger partial charge is 0.494 e. The number of fused-ring (bicyclic) bond motifs is 1. The molecule has 1 atom stereocenters. The SMILES string of the molecule is COc1cc(C(=O)CCC(C)(O)c2cc(C(C)(C)N)cc(-c3ccc(F)c(Cl)c3)n2)cc2cccnc12. The van der Waals surface area contributed by atoms with E-state index in [0.29, 0.717) is 33.8 Å². The number of carbonyl (C=O) groups is 1. The number of nitrogens with zero attached hydrogens (tertiary/aromatic N) is 2. The Morgan fingerprint density at radius 2 is 1.89 bits per heavy atom. The van der Waals surface area contributed by atoms with Gasteiger partial charge in [0.15, 0.2) is 5.78 Å². The molecule has 2 aromatic heterocycles. The van der Waals surface area contributed by atoms with Crippen LogP contribution in [0.25, 0.3) is 22.2 Å². The van der Waals surface area contributed by atoms with E-state index in [1.165, 1.54) is 19.2 Å². The van der Waals surface area contributed by atoms with Gasteiger partial charge in [0.25, 0.3) is 0 Å². The Bertz CT molecular complexity index is 1480. The molecule has 0 radical (unpaired) electrons. The quantitative estimate of drug-likeness (QED) is 0.269. The molecular formula is C29H29ClFN3O3. The second-order valence-corrected chi connectivity index (χ2v) is 10.3. The summed E-state index contributed by atoms with van der Waals surface area (Å²) in [5.41, 5.74) is 7.49. The molecule has 37 heavy (non-hydrogen) atoms. The summed E-state index contributed by atoms with van der Waals surface area (Å²) in [6.07, 6.45) is 1.85. The van der Waals surface area contributed by atoms with Crippen LogP contribution in [0.2, 0.25) is 5.02 Å². The Morgan fingerprint density at radius 3 is 2.57 bits per heavy atom. The van der Waals surface area contributed by atoms with Crippen molar-refractivity contribution in [2.24, 2.45) is 5.73 Å². The van der Waals surface area contributed by atoms with Crippen molar-refractivity contribution in [1.29, 1.82) is 0 Å². The van der Waals surface area contributed by atoms with Gasteiger partial charge in [0.1, 0.15) is 22.7 Å². The molecule has 4 rings (SSSR count). The molecule has 0 fully saturated rings. The number of Topliss-reactive ketones (excluding diaryl/α,β-unsaturated/α-hetero) is 1. The fourth-order valence-electron chi connectivity index (χ4n) is 4.09. The zero-order valence-corrected chi connectivity index (χ0v) is 21.9. The third-order valence-electron chi connectivity index (χ3n) is 6.39. The topological polar surface area (TPSA) is 98.3 Å². The number of benzene rings is 2. The molecule has 0 aliphatic rings. The summed E-state index contributed by atoms with van der Waals surface area (Å²) in [6, 6.07) is 15.0. The predicted molar refractivity (Wildman–Crippen MR) is 143 cm³/mol. The highest BCUT2D eigenvalue weighted by atomic mass is 35.5. The highest BCUT2D eigenvalue weighted by Crippen LogP contribution is 2.33. The molecule has 0 saturated carbocycles. The number of ether oxygens (including phenoxy) is 1. The van der Waals surface area contributed by atoms with E-state index in [4.69, 9.17) is 22.1 Å². The maximum atomic E-state index is 13.7. The van der Waals surface area contributed by atoms with E-state index in [1.54, 1.807) is 49.5 Å². The van der Waals surface area contributed by atoms with Crippen LogP contribution in [-0.2, 0) is 11.1 Å². The average molecular weight is 522 g/mol. The molecule has 8 heteroatoms. The molecule has 0 bridgehead atoms. The van der Waals surface area contributed by atoms with Crippen LogP contribution < -0.4 is 10.5 Å². The molecule has 0 spiro atoms. The van der Waals surface area contributed by atoms with Gasteiger partial charge in [0.2, 0.25) is 0 Å². The van der Waals surface area contributed by atoms with Crippen LogP contribution in [0.1, 0.15) is 55.2 Å². The first-order valence-electron chi connectivity index (χ1n) is 11.8. The van der Waals surface area contributed by atoms with Crippen molar-refractivity contribution < 1.29 is 19.0 Å². The number of nitrogens with two attached hydrogens (primary N) is 1. The van der Waals surface area contributed by atoms with Gasteiger partial charge < -0.3 is 15.6 Å². The molecule has 192 valence electrons. The van der Waals surface area contributed by atoms with E-state index in [2.05, 4.69) is 9.97 Å². The zero-order valence-electron chi connectivity index (χ0n) is 21.2. The van der Waals surface area contributed by atoms with E-state index in [0.717, 1.165) is 10.9 Å². The first-order valence-corrected chi connectivity index (χ1v) is 12.2. The highest BCUT2D eigenvalue weighted by Gasteiger charge is 2.29. The third kappa shape index (κ3) is 5.80. The minimum absolute atomic E-state index is 0.0309. The van der Waals surface area contributed by atoms with Gasteiger partial charge in [-0.2, -0.15) is 0 Å². The minimum Gasteiger partial charge on any atom is -0.494 e. The Morgan fingerprint density at radius 1 is 1.14 bits per heavy atom. The van der Waals surface area contributed by atoms with Gasteiger partial charge in [-0.05, 0) is 81.3 Å². The number of rotatable bonds is 8. The second-order valence-electron chi connectivity index (χ2n) is 9.93. The molecule has 6 nitrogen and oxygen atoms in total. The van der Waals surface area contributed by atoms with Gasteiger partial charge in [0, 0.05) is 34.7 Å². The summed E-state index contributed by atoms with van der Waals surface area (Å²) in [5, 5.41) is 12.2. The molecule has 0 saturated heterocycles. The fraction of sp³-hybridized carbons (Fsp3) is 0.276. The maximum Gasteiger partial charge on any atom is 0.163 e. The number of carbonyl (C=O) groups excluding carboxylic acids is 1. The number of halogens is 2. The molecule has 3 N–H and O–H groups in total. The van der Waals surface area contributed by atoms with Crippen LogP contribution in [-0.4, -0.2) is 28.0 Å². The average Bonchev–Trinajstić information content (AvgIpc) is 2.87. The van der Waals surface area contributed by atoms with Crippen LogP contribution in [0, 0.1) is 5.82 Å². The Kier molecular flexibility index (Phi) is 7.33. The van der Waals surface area contributed by atoms with Crippen molar-refractivity contribution in [3.63, 3.8) is 0 Å². The van der Waals surface area contributed by atoms with Gasteiger partial charge >= 0.3 is 0 Å². The lowest BCUT2D eigenvalue weighted by Gasteiger charge is -2.27. The number of hydrogen-bond acceptors (Lipinski definition) is 6. The van der Waals surface area contributed by atoms with Gasteiger partial charge in [-0.1, -0.05) is 17.7 Å². The zero-order chi connectivity index (χ0) is 27.0. The lowest BCUT2D eigenvalue weighted by molar-refractivity contribution is 0.0396. The molecule has 2 aromatic carbocycles. The van der Waals surface area contributed by atoms with Crippen molar-refractivity contribution in [3.8, 4) is 17.0 Å². The lowest BCUT2D eigenvalue weighted by atomic mass is 9.88. The van der Waals surface area contributed by atoms with Crippen molar-refractivity contribution in [2.75, 3.05) is 7.11 Å². The van der Waals surface area contributed by atoms with E-state index in [1.807, 2.05) is 19.9 Å². The molecule has 0 aliphatic carbocycles. The third-order valence-corrected chi connectivity index (χ3v) is 6.68. The number of hydrogen-bond donors (Lipinski definition) is 2. The van der Waals surface area contributed by atoms with Crippen LogP contribution >= 0.6 is 11.6 Å². The molecule has 0 aliphatic heterocycles. The van der Waals surface area contributed by atoms with E-state index in [9.17, 15) is 14.3 Å². The van der Waals surface area contributed by atoms with Crippen molar-refractivity contribution in [2.45, 2.75) is 44.8 Å². The van der Waals surface area contributed by atoms with Gasteiger partial charge in [0.05, 0.1) is 23.5 Å². The van der Waals surface area contributed by atoms with Crippen LogP contribution in [0.15, 0.2) is 60.8 Å². The Labute approximate surface area is 220 Å². The summed E-state index contributed by atoms with van der Waals surface area (Å²) >= 11 is 6.00. The summed E-state index contributed by atoms with van der Waals surface area (Å²) < 4.78 is 19.2. The smallest absolute Gasteiger partial charge is 0.163 e. The summed E-state index contributed by atoms with van der Waals surface area (Å²) in [7, 11) is 1.53.